The van der Waals surface area contributed by atoms with Crippen molar-refractivity contribution in [3.8, 4) is 11.8 Å². The Labute approximate surface area is 120 Å². The third-order valence-electron chi connectivity index (χ3n) is 3.14. The van der Waals surface area contributed by atoms with Gasteiger partial charge in [-0.1, -0.05) is 6.07 Å². The molecule has 1 amide bonds. The molecule has 20 heavy (non-hydrogen) atoms. The summed E-state index contributed by atoms with van der Waals surface area (Å²) in [6.07, 6.45) is 0.795. The lowest BCUT2D eigenvalue weighted by Gasteiger charge is -2.21. The van der Waals surface area contributed by atoms with E-state index in [1.807, 2.05) is 42.3 Å². The fraction of sp³-hybridized carbons (Fsp3) is 0.467. The zero-order valence-corrected chi connectivity index (χ0v) is 12.3. The Hall–Kier alpha value is -2.22. The number of benzene rings is 1. The van der Waals surface area contributed by atoms with Crippen molar-refractivity contribution in [2.24, 2.45) is 0 Å². The number of rotatable bonds is 7. The summed E-state index contributed by atoms with van der Waals surface area (Å²) in [5, 5.41) is 8.51. The van der Waals surface area contributed by atoms with Gasteiger partial charge in [-0.2, -0.15) is 5.26 Å². The third-order valence-corrected chi connectivity index (χ3v) is 3.14. The summed E-state index contributed by atoms with van der Waals surface area (Å²) in [4.78, 5) is 15.5. The van der Waals surface area contributed by atoms with Crippen molar-refractivity contribution in [1.29, 1.82) is 5.26 Å². The lowest BCUT2D eigenvalue weighted by Crippen LogP contribution is -2.31. The molecule has 0 fully saturated rings. The summed E-state index contributed by atoms with van der Waals surface area (Å²) < 4.78 is 5.18. The molecular formula is C15H21N3O2. The van der Waals surface area contributed by atoms with Gasteiger partial charge in [-0.25, -0.2) is 0 Å². The van der Waals surface area contributed by atoms with Gasteiger partial charge in [-0.05, 0) is 12.1 Å². The summed E-state index contributed by atoms with van der Waals surface area (Å²) in [5.41, 5.74) is 1.01. The average Bonchev–Trinajstić information content (AvgIpc) is 2.49. The molecule has 0 aliphatic carbocycles. The number of carbonyl (C=O) groups excluding carboxylic acids is 1. The van der Waals surface area contributed by atoms with Crippen molar-refractivity contribution >= 4 is 11.6 Å². The maximum absolute atomic E-state index is 11.9. The van der Waals surface area contributed by atoms with E-state index in [-0.39, 0.29) is 5.91 Å². The van der Waals surface area contributed by atoms with Crippen LogP contribution in [-0.4, -0.2) is 45.1 Å². The summed E-state index contributed by atoms with van der Waals surface area (Å²) in [6, 6.07) is 9.76. The van der Waals surface area contributed by atoms with Gasteiger partial charge in [-0.3, -0.25) is 4.79 Å². The average molecular weight is 275 g/mol. The Kier molecular flexibility index (Phi) is 6.38. The second-order valence-corrected chi connectivity index (χ2v) is 4.60. The second-order valence-electron chi connectivity index (χ2n) is 4.60. The smallest absolute Gasteiger partial charge is 0.224 e. The Morgan fingerprint density at radius 2 is 2.10 bits per heavy atom. The first kappa shape index (κ1) is 15.8. The molecule has 0 spiro atoms. The quantitative estimate of drug-likeness (QED) is 0.762. The maximum atomic E-state index is 11.9. The molecular weight excluding hydrogens is 254 g/mol. The molecule has 5 heteroatoms. The van der Waals surface area contributed by atoms with Gasteiger partial charge in [0.25, 0.3) is 0 Å². The van der Waals surface area contributed by atoms with E-state index in [4.69, 9.17) is 10.00 Å². The van der Waals surface area contributed by atoms with Crippen LogP contribution in [0.25, 0.3) is 0 Å². The fourth-order valence-corrected chi connectivity index (χ4v) is 1.77. The van der Waals surface area contributed by atoms with Gasteiger partial charge < -0.3 is 14.5 Å². The Bertz CT molecular complexity index is 482. The van der Waals surface area contributed by atoms with Gasteiger partial charge in [0, 0.05) is 45.4 Å². The topological polar surface area (TPSA) is 56.6 Å². The molecule has 1 aromatic carbocycles. The molecule has 5 nitrogen and oxygen atoms in total. The SMILES string of the molecule is COc1cccc(N(C)CCC(=O)N(C)CCC#N)c1. The molecule has 0 saturated heterocycles. The zero-order chi connectivity index (χ0) is 15.0. The van der Waals surface area contributed by atoms with E-state index in [2.05, 4.69) is 0 Å². The summed E-state index contributed by atoms with van der Waals surface area (Å²) in [6.45, 7) is 1.11. The first-order chi connectivity index (χ1) is 9.58. The van der Waals surface area contributed by atoms with Crippen molar-refractivity contribution in [3.05, 3.63) is 24.3 Å². The molecule has 0 aliphatic rings. The van der Waals surface area contributed by atoms with Crippen molar-refractivity contribution < 1.29 is 9.53 Å². The van der Waals surface area contributed by atoms with E-state index in [0.29, 0.717) is 25.9 Å². The first-order valence-electron chi connectivity index (χ1n) is 6.54. The number of anilines is 1. The monoisotopic (exact) mass is 275 g/mol. The highest BCUT2D eigenvalue weighted by Crippen LogP contribution is 2.19. The molecule has 0 radical (unpaired) electrons. The van der Waals surface area contributed by atoms with Gasteiger partial charge in [0.2, 0.25) is 5.91 Å². The van der Waals surface area contributed by atoms with Crippen LogP contribution < -0.4 is 9.64 Å². The van der Waals surface area contributed by atoms with Crippen LogP contribution in [0.3, 0.4) is 0 Å². The van der Waals surface area contributed by atoms with Gasteiger partial charge in [0.15, 0.2) is 0 Å². The van der Waals surface area contributed by atoms with Crippen molar-refractivity contribution in [3.63, 3.8) is 0 Å². The first-order valence-corrected chi connectivity index (χ1v) is 6.54. The molecule has 108 valence electrons. The number of hydrogen-bond acceptors (Lipinski definition) is 4. The number of amides is 1. The van der Waals surface area contributed by atoms with Crippen molar-refractivity contribution in [2.45, 2.75) is 12.8 Å². The number of ether oxygens (including phenoxy) is 1. The number of carbonyl (C=O) groups is 1. The van der Waals surface area contributed by atoms with E-state index in [1.165, 1.54) is 0 Å². The number of nitrogens with zero attached hydrogens (tertiary/aromatic N) is 3. The summed E-state index contributed by atoms with van der Waals surface area (Å²) in [5.74, 6) is 0.849. The van der Waals surface area contributed by atoms with Crippen molar-refractivity contribution in [1.82, 2.24) is 4.90 Å². The van der Waals surface area contributed by atoms with Crippen LogP contribution in [-0.2, 0) is 4.79 Å². The van der Waals surface area contributed by atoms with Crippen molar-refractivity contribution in [2.75, 3.05) is 39.2 Å². The van der Waals surface area contributed by atoms with Gasteiger partial charge >= 0.3 is 0 Å². The molecule has 0 unspecified atom stereocenters. The predicted molar refractivity (Wildman–Crippen MR) is 78.7 cm³/mol. The second kappa shape index (κ2) is 8.05. The summed E-state index contributed by atoms with van der Waals surface area (Å²) in [7, 11) is 5.30. The third kappa shape index (κ3) is 4.81. The molecule has 1 rings (SSSR count). The summed E-state index contributed by atoms with van der Waals surface area (Å²) >= 11 is 0. The molecule has 0 saturated carbocycles. The minimum Gasteiger partial charge on any atom is -0.497 e. The van der Waals surface area contributed by atoms with E-state index >= 15 is 0 Å². The number of nitriles is 1. The van der Waals surface area contributed by atoms with Crippen LogP contribution in [0.15, 0.2) is 24.3 Å². The van der Waals surface area contributed by atoms with E-state index in [1.54, 1.807) is 19.1 Å². The molecule has 0 N–H and O–H groups in total. The van der Waals surface area contributed by atoms with Crippen LogP contribution in [0.4, 0.5) is 5.69 Å². The van der Waals surface area contributed by atoms with Crippen LogP contribution >= 0.6 is 0 Å². The normalized spacial score (nSPS) is 9.70. The van der Waals surface area contributed by atoms with Gasteiger partial charge in [0.05, 0.1) is 19.6 Å². The predicted octanol–water partition coefficient (Wildman–Crippen LogP) is 1.89. The van der Waals surface area contributed by atoms with E-state index < -0.39 is 0 Å². The maximum Gasteiger partial charge on any atom is 0.224 e. The highest BCUT2D eigenvalue weighted by molar-refractivity contribution is 5.76. The standard InChI is InChI=1S/C15H21N3O2/c1-17(13-6-4-7-14(12-13)20-3)11-8-15(19)18(2)10-5-9-16/h4,6-7,12H,5,8,10-11H2,1-3H3. The lowest BCUT2D eigenvalue weighted by atomic mass is 10.2. The molecule has 0 heterocycles. The minimum absolute atomic E-state index is 0.0509. The molecule has 0 aliphatic heterocycles. The van der Waals surface area contributed by atoms with Crippen LogP contribution in [0.5, 0.6) is 5.75 Å². The zero-order valence-electron chi connectivity index (χ0n) is 12.3. The molecule has 0 aromatic heterocycles. The largest absolute Gasteiger partial charge is 0.497 e. The van der Waals surface area contributed by atoms with Gasteiger partial charge in [0.1, 0.15) is 5.75 Å². The van der Waals surface area contributed by atoms with E-state index in [9.17, 15) is 4.79 Å². The van der Waals surface area contributed by atoms with Crippen LogP contribution in [0, 0.1) is 11.3 Å². The Morgan fingerprint density at radius 1 is 1.35 bits per heavy atom. The molecule has 1 aromatic rings. The molecule has 0 bridgehead atoms. The van der Waals surface area contributed by atoms with Crippen LogP contribution in [0.1, 0.15) is 12.8 Å². The highest BCUT2D eigenvalue weighted by Gasteiger charge is 2.10. The number of methoxy groups -OCH3 is 1. The minimum atomic E-state index is 0.0509. The Morgan fingerprint density at radius 3 is 2.75 bits per heavy atom. The van der Waals surface area contributed by atoms with Crippen LogP contribution in [0.2, 0.25) is 0 Å². The Balaban J connectivity index is 2.48. The lowest BCUT2D eigenvalue weighted by molar-refractivity contribution is -0.129. The number of hydrogen-bond donors (Lipinski definition) is 0. The fourth-order valence-electron chi connectivity index (χ4n) is 1.77. The van der Waals surface area contributed by atoms with E-state index in [0.717, 1.165) is 11.4 Å². The van der Waals surface area contributed by atoms with Gasteiger partial charge in [-0.15, -0.1) is 0 Å². The highest BCUT2D eigenvalue weighted by atomic mass is 16.5. The molecule has 0 atom stereocenters.